The molecule has 80 valence electrons. The third kappa shape index (κ3) is 2.13. The number of aryl methyl sites for hydroxylation is 1. The number of H-pyrrole nitrogens is 1. The molecule has 2 N–H and O–H groups in total. The first kappa shape index (κ1) is 10.4. The van der Waals surface area contributed by atoms with Crippen LogP contribution in [-0.2, 0) is 6.54 Å². The van der Waals surface area contributed by atoms with Gasteiger partial charge in [0.2, 0.25) is 0 Å². The van der Waals surface area contributed by atoms with Gasteiger partial charge in [-0.15, -0.1) is 0 Å². The van der Waals surface area contributed by atoms with Gasteiger partial charge in [0.25, 0.3) is 0 Å². The van der Waals surface area contributed by atoms with Crippen molar-refractivity contribution in [3.8, 4) is 11.5 Å². The van der Waals surface area contributed by atoms with E-state index in [0.717, 1.165) is 27.6 Å². The van der Waals surface area contributed by atoms with E-state index in [1.54, 1.807) is 0 Å². The normalized spacial score (nSPS) is 10.9. The summed E-state index contributed by atoms with van der Waals surface area (Å²) in [5, 5.41) is 3.04. The predicted molar refractivity (Wildman–Crippen MR) is 61.5 cm³/mol. The number of halogens is 1. The highest BCUT2D eigenvalue weighted by Crippen LogP contribution is 2.27. The van der Waals surface area contributed by atoms with Gasteiger partial charge in [0, 0.05) is 0 Å². The zero-order valence-corrected chi connectivity index (χ0v) is 10.2. The molecule has 0 fully saturated rings. The highest BCUT2D eigenvalue weighted by Gasteiger charge is 2.12. The van der Waals surface area contributed by atoms with Crippen LogP contribution in [0.25, 0.3) is 11.5 Å². The van der Waals surface area contributed by atoms with Crippen LogP contribution in [-0.4, -0.2) is 17.0 Å². The van der Waals surface area contributed by atoms with Gasteiger partial charge in [-0.25, -0.2) is 4.98 Å². The Morgan fingerprint density at radius 2 is 2.33 bits per heavy atom. The molecule has 0 spiro atoms. The highest BCUT2D eigenvalue weighted by molar-refractivity contribution is 9.10. The number of aromatic nitrogens is 2. The minimum Gasteiger partial charge on any atom is -0.460 e. The minimum atomic E-state index is 0.707. The van der Waals surface area contributed by atoms with Crippen molar-refractivity contribution in [2.45, 2.75) is 13.5 Å². The molecule has 0 saturated carbocycles. The van der Waals surface area contributed by atoms with Crippen LogP contribution in [0.4, 0.5) is 0 Å². The van der Waals surface area contributed by atoms with Gasteiger partial charge in [-0.05, 0) is 42.0 Å². The van der Waals surface area contributed by atoms with E-state index in [4.69, 9.17) is 4.42 Å². The summed E-state index contributed by atoms with van der Waals surface area (Å²) in [6.45, 7) is 2.62. The van der Waals surface area contributed by atoms with Crippen LogP contribution in [0, 0.1) is 6.92 Å². The van der Waals surface area contributed by atoms with Gasteiger partial charge in [0.05, 0.1) is 6.54 Å². The third-order valence-electron chi connectivity index (χ3n) is 2.03. The van der Waals surface area contributed by atoms with Crippen molar-refractivity contribution in [3.63, 3.8) is 0 Å². The molecule has 0 atom stereocenters. The molecular weight excluding hydrogens is 258 g/mol. The number of aromatic amines is 1. The van der Waals surface area contributed by atoms with Crippen molar-refractivity contribution < 1.29 is 4.42 Å². The summed E-state index contributed by atoms with van der Waals surface area (Å²) < 4.78 is 6.36. The lowest BCUT2D eigenvalue weighted by molar-refractivity contribution is 0.546. The second kappa shape index (κ2) is 4.20. The summed E-state index contributed by atoms with van der Waals surface area (Å²) in [7, 11) is 1.88. The fraction of sp³-hybridized carbons (Fsp3) is 0.300. The first-order valence-electron chi connectivity index (χ1n) is 4.66. The topological polar surface area (TPSA) is 53.9 Å². The van der Waals surface area contributed by atoms with Crippen molar-refractivity contribution in [2.75, 3.05) is 7.05 Å². The van der Waals surface area contributed by atoms with E-state index < -0.39 is 0 Å². The molecule has 0 radical (unpaired) electrons. The van der Waals surface area contributed by atoms with Crippen molar-refractivity contribution in [2.24, 2.45) is 0 Å². The maximum Gasteiger partial charge on any atom is 0.155 e. The van der Waals surface area contributed by atoms with Crippen LogP contribution in [0.15, 0.2) is 21.2 Å². The molecule has 2 heterocycles. The maximum absolute atomic E-state index is 5.51. The molecule has 0 aliphatic heterocycles. The average Bonchev–Trinajstić information content (AvgIpc) is 2.73. The van der Waals surface area contributed by atoms with Gasteiger partial charge < -0.3 is 14.7 Å². The van der Waals surface area contributed by atoms with Gasteiger partial charge in [-0.3, -0.25) is 0 Å². The zero-order chi connectivity index (χ0) is 10.8. The Balaban J connectivity index is 2.35. The fourth-order valence-corrected chi connectivity index (χ4v) is 1.89. The third-order valence-corrected chi connectivity index (χ3v) is 2.60. The molecule has 0 aromatic carbocycles. The molecule has 2 aromatic heterocycles. The first-order valence-corrected chi connectivity index (χ1v) is 5.46. The van der Waals surface area contributed by atoms with Gasteiger partial charge in [0.15, 0.2) is 5.76 Å². The number of furan rings is 1. The molecule has 0 bridgehead atoms. The number of imidazole rings is 1. The van der Waals surface area contributed by atoms with Crippen LogP contribution in [0.5, 0.6) is 0 Å². The van der Waals surface area contributed by atoms with E-state index in [-0.39, 0.29) is 0 Å². The fourth-order valence-electron chi connectivity index (χ4n) is 1.37. The Morgan fingerprint density at radius 1 is 1.53 bits per heavy atom. The lowest BCUT2D eigenvalue weighted by atomic mass is 10.3. The van der Waals surface area contributed by atoms with Crippen LogP contribution in [0.2, 0.25) is 0 Å². The Bertz CT molecular complexity index is 461. The molecule has 2 rings (SSSR count). The number of nitrogens with zero attached hydrogens (tertiary/aromatic N) is 1. The summed E-state index contributed by atoms with van der Waals surface area (Å²) in [6.07, 6.45) is 0. The van der Waals surface area contributed by atoms with Gasteiger partial charge in [-0.2, -0.15) is 0 Å². The van der Waals surface area contributed by atoms with Crippen LogP contribution < -0.4 is 5.32 Å². The summed E-state index contributed by atoms with van der Waals surface area (Å²) in [4.78, 5) is 7.56. The summed E-state index contributed by atoms with van der Waals surface area (Å²) in [5.74, 6) is 2.54. The quantitative estimate of drug-likeness (QED) is 0.900. The standard InChI is InChI=1S/C10H12BrN3O/c1-6-3-4-7(15-6)9-10(11)14-8(13-9)5-12-2/h3-4,12H,5H2,1-2H3,(H,13,14). The SMILES string of the molecule is CNCc1nc(-c2ccc(C)o2)c(Br)[nH]1. The molecule has 4 nitrogen and oxygen atoms in total. The Morgan fingerprint density at radius 3 is 2.93 bits per heavy atom. The molecular formula is C10H12BrN3O. The predicted octanol–water partition coefficient (Wildman–Crippen LogP) is 2.46. The lowest BCUT2D eigenvalue weighted by Gasteiger charge is -1.91. The number of nitrogens with one attached hydrogen (secondary N) is 2. The van der Waals surface area contributed by atoms with Crippen LogP contribution in [0.3, 0.4) is 0 Å². The van der Waals surface area contributed by atoms with Crippen molar-refractivity contribution in [1.29, 1.82) is 0 Å². The Labute approximate surface area is 96.2 Å². The van der Waals surface area contributed by atoms with Gasteiger partial charge in [0.1, 0.15) is 21.9 Å². The van der Waals surface area contributed by atoms with Gasteiger partial charge in [-0.1, -0.05) is 0 Å². The molecule has 15 heavy (non-hydrogen) atoms. The zero-order valence-electron chi connectivity index (χ0n) is 8.60. The second-order valence-electron chi connectivity index (χ2n) is 3.29. The Kier molecular flexibility index (Phi) is 2.93. The summed E-state index contributed by atoms with van der Waals surface area (Å²) in [5.41, 5.74) is 0.813. The summed E-state index contributed by atoms with van der Waals surface area (Å²) >= 11 is 3.43. The monoisotopic (exact) mass is 269 g/mol. The molecule has 5 heteroatoms. The average molecular weight is 270 g/mol. The van der Waals surface area contributed by atoms with Crippen molar-refractivity contribution >= 4 is 15.9 Å². The number of rotatable bonds is 3. The molecule has 0 aliphatic rings. The van der Waals surface area contributed by atoms with E-state index in [1.165, 1.54) is 0 Å². The minimum absolute atomic E-state index is 0.707. The molecule has 0 saturated heterocycles. The van der Waals surface area contributed by atoms with Crippen LogP contribution >= 0.6 is 15.9 Å². The van der Waals surface area contributed by atoms with E-state index in [1.807, 2.05) is 26.1 Å². The maximum atomic E-state index is 5.51. The highest BCUT2D eigenvalue weighted by atomic mass is 79.9. The second-order valence-corrected chi connectivity index (χ2v) is 4.08. The van der Waals surface area contributed by atoms with E-state index >= 15 is 0 Å². The Hall–Kier alpha value is -1.07. The van der Waals surface area contributed by atoms with E-state index in [9.17, 15) is 0 Å². The molecule has 2 aromatic rings. The van der Waals surface area contributed by atoms with E-state index in [2.05, 4.69) is 31.2 Å². The lowest BCUT2D eigenvalue weighted by Crippen LogP contribution is -2.06. The smallest absolute Gasteiger partial charge is 0.155 e. The largest absolute Gasteiger partial charge is 0.460 e. The van der Waals surface area contributed by atoms with E-state index in [0.29, 0.717) is 6.54 Å². The molecule has 0 unspecified atom stereocenters. The number of hydrogen-bond acceptors (Lipinski definition) is 3. The van der Waals surface area contributed by atoms with Gasteiger partial charge >= 0.3 is 0 Å². The van der Waals surface area contributed by atoms with Crippen molar-refractivity contribution in [3.05, 3.63) is 28.3 Å². The van der Waals surface area contributed by atoms with Crippen molar-refractivity contribution in [1.82, 2.24) is 15.3 Å². The molecule has 0 aliphatic carbocycles. The number of hydrogen-bond donors (Lipinski definition) is 2. The van der Waals surface area contributed by atoms with Crippen LogP contribution in [0.1, 0.15) is 11.6 Å². The summed E-state index contributed by atoms with van der Waals surface area (Å²) in [6, 6.07) is 3.84. The molecule has 0 amide bonds. The first-order chi connectivity index (χ1) is 7.20.